The fraction of sp³-hybridized carbons (Fsp3) is 0.0909. The lowest BCUT2D eigenvalue weighted by molar-refractivity contribution is 0.262. The molecule has 0 fully saturated rings. The van der Waals surface area contributed by atoms with E-state index in [9.17, 15) is 4.79 Å². The maximum Gasteiger partial charge on any atom is 0.324 e. The smallest absolute Gasteiger partial charge is 0.324 e. The molecular weight excluding hydrogens is 368 g/mol. The first kappa shape index (κ1) is 18.4. The van der Waals surface area contributed by atoms with Gasteiger partial charge in [-0.25, -0.2) is 9.78 Å². The largest absolute Gasteiger partial charge is 0.497 e. The average Bonchev–Trinajstić information content (AvgIpc) is 3.12. The predicted octanol–water partition coefficient (Wildman–Crippen LogP) is 4.66. The number of methoxy groups -OCH3 is 2. The van der Waals surface area contributed by atoms with Gasteiger partial charge in [-0.2, -0.15) is 0 Å². The van der Waals surface area contributed by atoms with Crippen LogP contribution in [0, 0.1) is 0 Å². The number of anilines is 2. The van der Waals surface area contributed by atoms with E-state index >= 15 is 0 Å². The first-order valence-electron chi connectivity index (χ1n) is 9.02. The lowest BCUT2D eigenvalue weighted by atomic mass is 10.1. The van der Waals surface area contributed by atoms with Crippen molar-refractivity contribution in [1.82, 2.24) is 9.38 Å². The van der Waals surface area contributed by atoms with Crippen LogP contribution >= 0.6 is 0 Å². The number of ether oxygens (including phenoxy) is 2. The van der Waals surface area contributed by atoms with Gasteiger partial charge in [0.2, 0.25) is 0 Å². The highest BCUT2D eigenvalue weighted by Gasteiger charge is 2.17. The van der Waals surface area contributed by atoms with E-state index in [2.05, 4.69) is 15.6 Å². The van der Waals surface area contributed by atoms with Crippen LogP contribution in [0.3, 0.4) is 0 Å². The number of pyridine rings is 1. The van der Waals surface area contributed by atoms with Gasteiger partial charge in [-0.15, -0.1) is 0 Å². The van der Waals surface area contributed by atoms with Crippen molar-refractivity contribution >= 4 is 23.2 Å². The van der Waals surface area contributed by atoms with Crippen LogP contribution in [0.1, 0.15) is 0 Å². The Labute approximate surface area is 167 Å². The first-order chi connectivity index (χ1) is 14.2. The summed E-state index contributed by atoms with van der Waals surface area (Å²) in [6.07, 6.45) is 1.86. The summed E-state index contributed by atoms with van der Waals surface area (Å²) >= 11 is 0. The molecule has 146 valence electrons. The fourth-order valence-corrected chi connectivity index (χ4v) is 3.09. The molecule has 2 aromatic carbocycles. The van der Waals surface area contributed by atoms with E-state index in [1.54, 1.807) is 32.4 Å². The molecule has 0 bridgehead atoms. The average molecular weight is 388 g/mol. The van der Waals surface area contributed by atoms with Crippen LogP contribution in [0.4, 0.5) is 16.3 Å². The zero-order valence-corrected chi connectivity index (χ0v) is 16.0. The Bertz CT molecular complexity index is 1160. The molecule has 7 nitrogen and oxygen atoms in total. The number of hydrogen-bond donors (Lipinski definition) is 2. The molecule has 0 aliphatic carbocycles. The van der Waals surface area contributed by atoms with Crippen molar-refractivity contribution in [2.45, 2.75) is 0 Å². The van der Waals surface area contributed by atoms with E-state index in [0.29, 0.717) is 28.7 Å². The number of rotatable bonds is 5. The summed E-state index contributed by atoms with van der Waals surface area (Å²) in [6.45, 7) is 0. The van der Waals surface area contributed by atoms with Gasteiger partial charge in [0, 0.05) is 17.8 Å². The monoisotopic (exact) mass is 388 g/mol. The molecule has 0 aliphatic heterocycles. The molecule has 4 aromatic rings. The molecule has 29 heavy (non-hydrogen) atoms. The molecule has 0 saturated heterocycles. The van der Waals surface area contributed by atoms with Gasteiger partial charge in [0.25, 0.3) is 0 Å². The number of carbonyl (C=O) groups is 1. The van der Waals surface area contributed by atoms with Crippen LogP contribution in [-0.2, 0) is 0 Å². The minimum Gasteiger partial charge on any atom is -0.497 e. The second-order valence-corrected chi connectivity index (χ2v) is 6.25. The summed E-state index contributed by atoms with van der Waals surface area (Å²) < 4.78 is 12.4. The molecule has 7 heteroatoms. The van der Waals surface area contributed by atoms with E-state index in [-0.39, 0.29) is 0 Å². The van der Waals surface area contributed by atoms with Crippen LogP contribution in [0.2, 0.25) is 0 Å². The van der Waals surface area contributed by atoms with Gasteiger partial charge in [-0.1, -0.05) is 36.4 Å². The normalized spacial score (nSPS) is 10.6. The predicted molar refractivity (Wildman–Crippen MR) is 113 cm³/mol. The molecule has 0 atom stereocenters. The van der Waals surface area contributed by atoms with Gasteiger partial charge in [0.1, 0.15) is 28.7 Å². The zero-order valence-electron chi connectivity index (χ0n) is 16.0. The van der Waals surface area contributed by atoms with Crippen LogP contribution in [0.25, 0.3) is 16.9 Å². The Hall–Kier alpha value is -4.00. The third kappa shape index (κ3) is 3.70. The molecule has 0 unspecified atom stereocenters. The van der Waals surface area contributed by atoms with Crippen molar-refractivity contribution in [1.29, 1.82) is 0 Å². The van der Waals surface area contributed by atoms with Gasteiger partial charge in [-0.3, -0.25) is 9.72 Å². The van der Waals surface area contributed by atoms with Crippen molar-refractivity contribution in [3.63, 3.8) is 0 Å². The second kappa shape index (κ2) is 7.93. The molecule has 2 N–H and O–H groups in total. The second-order valence-electron chi connectivity index (χ2n) is 6.25. The highest BCUT2D eigenvalue weighted by Crippen LogP contribution is 2.31. The Morgan fingerprint density at radius 3 is 2.48 bits per heavy atom. The third-order valence-corrected chi connectivity index (χ3v) is 4.46. The van der Waals surface area contributed by atoms with Crippen molar-refractivity contribution in [3.8, 4) is 22.8 Å². The van der Waals surface area contributed by atoms with Crippen LogP contribution in [-0.4, -0.2) is 29.6 Å². The fourth-order valence-electron chi connectivity index (χ4n) is 3.09. The highest BCUT2D eigenvalue weighted by atomic mass is 16.5. The van der Waals surface area contributed by atoms with Crippen LogP contribution in [0.15, 0.2) is 72.9 Å². The maximum atomic E-state index is 12.8. The number of hydrogen-bond acceptors (Lipinski definition) is 4. The zero-order chi connectivity index (χ0) is 20.2. The molecule has 0 aliphatic rings. The topological polar surface area (TPSA) is 76.9 Å². The van der Waals surface area contributed by atoms with Crippen molar-refractivity contribution < 1.29 is 14.3 Å². The third-order valence-electron chi connectivity index (χ3n) is 4.46. The van der Waals surface area contributed by atoms with E-state index in [4.69, 9.17) is 9.47 Å². The van der Waals surface area contributed by atoms with Crippen LogP contribution < -0.4 is 20.1 Å². The van der Waals surface area contributed by atoms with Gasteiger partial charge in [0.15, 0.2) is 0 Å². The number of nitrogens with zero attached hydrogens (tertiary/aromatic N) is 2. The highest BCUT2D eigenvalue weighted by molar-refractivity contribution is 6.02. The Morgan fingerprint density at radius 2 is 1.72 bits per heavy atom. The molecule has 0 saturated carbocycles. The number of urea groups is 1. The number of imidazole rings is 1. The van der Waals surface area contributed by atoms with E-state index in [0.717, 1.165) is 11.2 Å². The summed E-state index contributed by atoms with van der Waals surface area (Å²) in [4.78, 5) is 17.5. The quantitative estimate of drug-likeness (QED) is 0.521. The lowest BCUT2D eigenvalue weighted by Crippen LogP contribution is -2.21. The SMILES string of the molecule is COc1ccc(OC)c(NC(=O)Nc2c(-c3ccccc3)nc3ccccn23)c1. The molecular formula is C22H20N4O3. The minimum absolute atomic E-state index is 0.417. The summed E-state index contributed by atoms with van der Waals surface area (Å²) in [6, 6.07) is 20.2. The molecule has 0 radical (unpaired) electrons. The maximum absolute atomic E-state index is 12.8. The number of amides is 2. The van der Waals surface area contributed by atoms with Gasteiger partial charge < -0.3 is 14.8 Å². The number of aromatic nitrogens is 2. The standard InChI is InChI=1S/C22H20N4O3/c1-28-16-11-12-18(29-2)17(14-16)23-22(27)25-21-20(15-8-4-3-5-9-15)24-19-10-6-7-13-26(19)21/h3-14H,1-2H3,(H2,23,25,27). The Morgan fingerprint density at radius 1 is 0.931 bits per heavy atom. The summed E-state index contributed by atoms with van der Waals surface area (Å²) in [7, 11) is 3.11. The van der Waals surface area contributed by atoms with Gasteiger partial charge in [-0.05, 0) is 24.3 Å². The van der Waals surface area contributed by atoms with E-state index < -0.39 is 6.03 Å². The number of carbonyl (C=O) groups excluding carboxylic acids is 1. The lowest BCUT2D eigenvalue weighted by Gasteiger charge is -2.13. The van der Waals surface area contributed by atoms with E-state index in [1.807, 2.05) is 59.1 Å². The number of nitrogens with one attached hydrogen (secondary N) is 2. The Balaban J connectivity index is 1.68. The van der Waals surface area contributed by atoms with E-state index in [1.165, 1.54) is 0 Å². The van der Waals surface area contributed by atoms with Crippen LogP contribution in [0.5, 0.6) is 11.5 Å². The summed E-state index contributed by atoms with van der Waals surface area (Å²) in [5.74, 6) is 1.72. The molecule has 0 spiro atoms. The molecule has 2 heterocycles. The summed E-state index contributed by atoms with van der Waals surface area (Å²) in [5, 5.41) is 5.75. The van der Waals surface area contributed by atoms with Crippen molar-refractivity contribution in [2.24, 2.45) is 0 Å². The summed E-state index contributed by atoms with van der Waals surface area (Å²) in [5.41, 5.74) is 2.83. The Kier molecular flexibility index (Phi) is 5.03. The number of benzene rings is 2. The van der Waals surface area contributed by atoms with Crippen molar-refractivity contribution in [3.05, 3.63) is 72.9 Å². The molecule has 4 rings (SSSR count). The molecule has 2 amide bonds. The number of fused-ring (bicyclic) bond motifs is 1. The minimum atomic E-state index is -0.417. The first-order valence-corrected chi connectivity index (χ1v) is 9.02. The van der Waals surface area contributed by atoms with Gasteiger partial charge >= 0.3 is 6.03 Å². The van der Waals surface area contributed by atoms with Crippen molar-refractivity contribution in [2.75, 3.05) is 24.9 Å². The molecule has 2 aromatic heterocycles. The van der Waals surface area contributed by atoms with Gasteiger partial charge in [0.05, 0.1) is 19.9 Å².